The number of hydrogen-bond donors (Lipinski definition) is 3. The van der Waals surface area contributed by atoms with Gasteiger partial charge in [-0.25, -0.2) is 0 Å². The monoisotopic (exact) mass is 265 g/mol. The number of hydrogen-bond acceptors (Lipinski definition) is 4. The van der Waals surface area contributed by atoms with Crippen LogP contribution >= 0.6 is 11.8 Å². The zero-order chi connectivity index (χ0) is 13.2. The first-order valence-electron chi connectivity index (χ1n) is 6.00. The molecule has 1 heterocycles. The number of anilines is 2. The van der Waals surface area contributed by atoms with Crippen LogP contribution in [0.3, 0.4) is 0 Å². The van der Waals surface area contributed by atoms with Gasteiger partial charge in [0.1, 0.15) is 0 Å². The molecule has 3 N–H and O–H groups in total. The Hall–Kier alpha value is -1.20. The van der Waals surface area contributed by atoms with E-state index in [1.165, 1.54) is 0 Å². The van der Waals surface area contributed by atoms with Gasteiger partial charge in [-0.05, 0) is 39.1 Å². The Bertz CT molecular complexity index is 460. The predicted molar refractivity (Wildman–Crippen MR) is 77.4 cm³/mol. The van der Waals surface area contributed by atoms with Gasteiger partial charge in [0.15, 0.2) is 0 Å². The summed E-state index contributed by atoms with van der Waals surface area (Å²) >= 11 is 1.58. The Balaban J connectivity index is 2.16. The van der Waals surface area contributed by atoms with Crippen molar-refractivity contribution in [3.63, 3.8) is 0 Å². The van der Waals surface area contributed by atoms with E-state index >= 15 is 0 Å². The second-order valence-corrected chi connectivity index (χ2v) is 6.10. The molecule has 0 aromatic heterocycles. The molecule has 2 rings (SSSR count). The van der Waals surface area contributed by atoms with Crippen molar-refractivity contribution in [3.05, 3.63) is 18.2 Å². The van der Waals surface area contributed by atoms with Crippen molar-refractivity contribution in [2.75, 3.05) is 30.0 Å². The molecule has 4 nitrogen and oxygen atoms in total. The first-order valence-corrected chi connectivity index (χ1v) is 6.98. The standard InChI is InChI=1S/C13H19N3OS/c1-13(2,8-14-3)16-9-4-5-11-10(6-9)15-12(17)7-18-11/h4-6,14,16H,7-8H2,1-3H3,(H,15,17). The highest BCUT2D eigenvalue weighted by Gasteiger charge is 2.19. The van der Waals surface area contributed by atoms with Gasteiger partial charge in [0.25, 0.3) is 0 Å². The van der Waals surface area contributed by atoms with Gasteiger partial charge in [0.05, 0.1) is 11.4 Å². The smallest absolute Gasteiger partial charge is 0.234 e. The van der Waals surface area contributed by atoms with Gasteiger partial charge in [-0.1, -0.05) is 0 Å². The van der Waals surface area contributed by atoms with Gasteiger partial charge in [0.2, 0.25) is 5.91 Å². The van der Waals surface area contributed by atoms with E-state index in [1.54, 1.807) is 11.8 Å². The maximum absolute atomic E-state index is 11.4. The highest BCUT2D eigenvalue weighted by atomic mass is 32.2. The molecule has 0 atom stereocenters. The van der Waals surface area contributed by atoms with Crippen molar-refractivity contribution in [3.8, 4) is 0 Å². The number of rotatable bonds is 4. The minimum absolute atomic E-state index is 0.0329. The van der Waals surface area contributed by atoms with E-state index in [0.29, 0.717) is 5.75 Å². The fourth-order valence-electron chi connectivity index (χ4n) is 2.04. The van der Waals surface area contributed by atoms with E-state index in [2.05, 4.69) is 41.9 Å². The second-order valence-electron chi connectivity index (χ2n) is 5.09. The summed E-state index contributed by atoms with van der Waals surface area (Å²) in [5.74, 6) is 0.574. The maximum atomic E-state index is 11.4. The van der Waals surface area contributed by atoms with E-state index in [4.69, 9.17) is 0 Å². The Morgan fingerprint density at radius 3 is 2.94 bits per heavy atom. The quantitative estimate of drug-likeness (QED) is 0.781. The lowest BCUT2D eigenvalue weighted by Crippen LogP contribution is -2.40. The number of fused-ring (bicyclic) bond motifs is 1. The van der Waals surface area contributed by atoms with Crippen LogP contribution in [0.25, 0.3) is 0 Å². The molecular formula is C13H19N3OS. The molecule has 0 saturated carbocycles. The highest BCUT2D eigenvalue weighted by Crippen LogP contribution is 2.33. The summed E-state index contributed by atoms with van der Waals surface area (Å²) in [6.07, 6.45) is 0. The molecule has 18 heavy (non-hydrogen) atoms. The fraction of sp³-hybridized carbons (Fsp3) is 0.462. The van der Waals surface area contributed by atoms with Gasteiger partial charge in [0, 0.05) is 22.7 Å². The summed E-state index contributed by atoms with van der Waals surface area (Å²) in [5, 5.41) is 9.52. The molecule has 0 fully saturated rings. The zero-order valence-electron chi connectivity index (χ0n) is 11.0. The normalized spacial score (nSPS) is 14.9. The van der Waals surface area contributed by atoms with Crippen LogP contribution in [-0.2, 0) is 4.79 Å². The van der Waals surface area contributed by atoms with Crippen LogP contribution in [0.4, 0.5) is 11.4 Å². The average Bonchev–Trinajstić information content (AvgIpc) is 2.27. The van der Waals surface area contributed by atoms with E-state index in [1.807, 2.05) is 13.1 Å². The topological polar surface area (TPSA) is 53.2 Å². The van der Waals surface area contributed by atoms with Crippen molar-refractivity contribution in [1.82, 2.24) is 5.32 Å². The molecule has 1 aromatic rings. The molecular weight excluding hydrogens is 246 g/mol. The number of carbonyl (C=O) groups is 1. The van der Waals surface area contributed by atoms with Crippen LogP contribution in [0.2, 0.25) is 0 Å². The Labute approximate surface area is 112 Å². The molecule has 0 spiro atoms. The Morgan fingerprint density at radius 2 is 2.22 bits per heavy atom. The predicted octanol–water partition coefficient (Wildman–Crippen LogP) is 2.14. The number of benzene rings is 1. The number of amides is 1. The third-order valence-corrected chi connectivity index (χ3v) is 3.79. The van der Waals surface area contributed by atoms with Crippen LogP contribution in [0.1, 0.15) is 13.8 Å². The summed E-state index contributed by atoms with van der Waals surface area (Å²) in [6.45, 7) is 5.14. The summed E-state index contributed by atoms with van der Waals surface area (Å²) in [4.78, 5) is 12.5. The summed E-state index contributed by atoms with van der Waals surface area (Å²) in [7, 11) is 1.94. The van der Waals surface area contributed by atoms with Crippen LogP contribution in [0.5, 0.6) is 0 Å². The highest BCUT2D eigenvalue weighted by molar-refractivity contribution is 8.00. The summed E-state index contributed by atoms with van der Waals surface area (Å²) < 4.78 is 0. The lowest BCUT2D eigenvalue weighted by molar-refractivity contribution is -0.113. The SMILES string of the molecule is CNCC(C)(C)Nc1ccc2c(c1)NC(=O)CS2. The molecule has 0 saturated heterocycles. The fourth-order valence-corrected chi connectivity index (χ4v) is 2.83. The minimum atomic E-state index is -0.0329. The molecule has 1 aliphatic heterocycles. The summed E-state index contributed by atoms with van der Waals surface area (Å²) in [6, 6.07) is 6.11. The molecule has 1 amide bonds. The average molecular weight is 265 g/mol. The van der Waals surface area contributed by atoms with Crippen molar-refractivity contribution in [2.24, 2.45) is 0 Å². The second kappa shape index (κ2) is 5.20. The zero-order valence-corrected chi connectivity index (χ0v) is 11.8. The summed E-state index contributed by atoms with van der Waals surface area (Å²) in [5.41, 5.74) is 1.90. The molecule has 0 bridgehead atoms. The number of nitrogens with one attached hydrogen (secondary N) is 3. The molecule has 0 radical (unpaired) electrons. The first kappa shape index (κ1) is 13.2. The molecule has 1 aliphatic rings. The van der Waals surface area contributed by atoms with Crippen LogP contribution in [-0.4, -0.2) is 30.8 Å². The first-order chi connectivity index (χ1) is 8.50. The van der Waals surface area contributed by atoms with Gasteiger partial charge in [-0.3, -0.25) is 4.79 Å². The van der Waals surface area contributed by atoms with Crippen molar-refractivity contribution >= 4 is 29.0 Å². The van der Waals surface area contributed by atoms with E-state index in [-0.39, 0.29) is 11.4 Å². The van der Waals surface area contributed by atoms with E-state index in [9.17, 15) is 4.79 Å². The number of thioether (sulfide) groups is 1. The Kier molecular flexibility index (Phi) is 3.82. The van der Waals surface area contributed by atoms with Gasteiger partial charge in [-0.15, -0.1) is 11.8 Å². The minimum Gasteiger partial charge on any atom is -0.379 e. The van der Waals surface area contributed by atoms with E-state index in [0.717, 1.165) is 22.8 Å². The van der Waals surface area contributed by atoms with Crippen molar-refractivity contribution in [1.29, 1.82) is 0 Å². The van der Waals surface area contributed by atoms with Gasteiger partial charge in [-0.2, -0.15) is 0 Å². The third kappa shape index (κ3) is 3.17. The van der Waals surface area contributed by atoms with Crippen LogP contribution in [0.15, 0.2) is 23.1 Å². The van der Waals surface area contributed by atoms with Gasteiger partial charge >= 0.3 is 0 Å². The van der Waals surface area contributed by atoms with Crippen molar-refractivity contribution in [2.45, 2.75) is 24.3 Å². The van der Waals surface area contributed by atoms with E-state index < -0.39 is 0 Å². The van der Waals surface area contributed by atoms with Gasteiger partial charge < -0.3 is 16.0 Å². The molecule has 98 valence electrons. The molecule has 5 heteroatoms. The van der Waals surface area contributed by atoms with Crippen LogP contribution in [0, 0.1) is 0 Å². The van der Waals surface area contributed by atoms with Crippen molar-refractivity contribution < 1.29 is 4.79 Å². The largest absolute Gasteiger partial charge is 0.379 e. The number of likely N-dealkylation sites (N-methyl/N-ethyl adjacent to an activating group) is 1. The Morgan fingerprint density at radius 1 is 1.44 bits per heavy atom. The lowest BCUT2D eigenvalue weighted by atomic mass is 10.1. The maximum Gasteiger partial charge on any atom is 0.234 e. The molecule has 0 unspecified atom stereocenters. The van der Waals surface area contributed by atoms with Crippen LogP contribution < -0.4 is 16.0 Å². The third-order valence-electron chi connectivity index (χ3n) is 2.71. The number of carbonyl (C=O) groups excluding carboxylic acids is 1. The molecule has 1 aromatic carbocycles. The lowest BCUT2D eigenvalue weighted by Gasteiger charge is -2.28. The molecule has 0 aliphatic carbocycles.